The fourth-order valence-corrected chi connectivity index (χ4v) is 5.47. The number of ether oxygens (including phenoxy) is 1. The first-order chi connectivity index (χ1) is 18.0. The Balaban J connectivity index is 0.00000137. The number of benzene rings is 2. The van der Waals surface area contributed by atoms with Gasteiger partial charge in [0.15, 0.2) is 0 Å². The van der Waals surface area contributed by atoms with Crippen LogP contribution < -0.4 is 5.32 Å². The highest BCUT2D eigenvalue weighted by Gasteiger charge is 2.35. The van der Waals surface area contributed by atoms with Crippen molar-refractivity contribution in [3.63, 3.8) is 0 Å². The summed E-state index contributed by atoms with van der Waals surface area (Å²) in [5.41, 5.74) is 4.52. The molecule has 2 amide bonds. The van der Waals surface area contributed by atoms with Gasteiger partial charge in [-0.2, -0.15) is 0 Å². The standard InChI is InChI=1S/C28H28N4O3.C2H6/c1-30(2)15-18-11-12-31-16-21(19-7-3-5-9-23(19)31)25-26(28(34)29-27(25)33)22-17-32(13-14-35-18)24-10-6-4-8-20(22)24;1-2/h3-10,16-18H,11-15H2,1-2H3,(H,29,33,34);1-2H3. The molecule has 2 aromatic carbocycles. The SMILES string of the molecule is CC.CN(C)CC1CCn2cc(c3ccccc32)C2=C(C(=O)NC2=O)c2cn(c3ccccc23)CCO1. The molecular weight excluding hydrogens is 464 g/mol. The smallest absolute Gasteiger partial charge is 0.259 e. The lowest BCUT2D eigenvalue weighted by Gasteiger charge is -2.22. The lowest BCUT2D eigenvalue weighted by Crippen LogP contribution is -2.30. The molecule has 1 N–H and O–H groups in total. The number of hydrogen-bond acceptors (Lipinski definition) is 4. The molecule has 2 aliphatic rings. The summed E-state index contributed by atoms with van der Waals surface area (Å²) in [5.74, 6) is -0.690. The minimum atomic E-state index is -0.348. The molecule has 192 valence electrons. The van der Waals surface area contributed by atoms with Crippen LogP contribution in [0.5, 0.6) is 0 Å². The normalized spacial score (nSPS) is 18.0. The van der Waals surface area contributed by atoms with E-state index in [1.165, 1.54) is 0 Å². The third kappa shape index (κ3) is 4.49. The first-order valence-electron chi connectivity index (χ1n) is 13.0. The quantitative estimate of drug-likeness (QED) is 0.412. The van der Waals surface area contributed by atoms with Gasteiger partial charge >= 0.3 is 0 Å². The van der Waals surface area contributed by atoms with Crippen LogP contribution in [0.15, 0.2) is 60.9 Å². The Hall–Kier alpha value is -3.68. The van der Waals surface area contributed by atoms with E-state index in [4.69, 9.17) is 4.74 Å². The van der Waals surface area contributed by atoms with Crippen molar-refractivity contribution in [3.05, 3.63) is 72.1 Å². The molecule has 4 heterocycles. The van der Waals surface area contributed by atoms with Gasteiger partial charge in [-0.25, -0.2) is 0 Å². The fraction of sp³-hybridized carbons (Fsp3) is 0.333. The second kappa shape index (κ2) is 10.4. The average molecular weight is 499 g/mol. The molecule has 0 radical (unpaired) electrons. The summed E-state index contributed by atoms with van der Waals surface area (Å²) >= 11 is 0. The summed E-state index contributed by atoms with van der Waals surface area (Å²) in [6, 6.07) is 16.1. The van der Waals surface area contributed by atoms with Crippen molar-refractivity contribution in [2.24, 2.45) is 0 Å². The van der Waals surface area contributed by atoms with E-state index in [1.807, 2.05) is 62.6 Å². The van der Waals surface area contributed by atoms with Gasteiger partial charge in [0.05, 0.1) is 23.9 Å². The molecule has 1 unspecified atom stereocenters. The van der Waals surface area contributed by atoms with Crippen LogP contribution in [0.3, 0.4) is 0 Å². The molecule has 2 aliphatic heterocycles. The number of nitrogens with one attached hydrogen (secondary N) is 1. The number of carbonyl (C=O) groups is 2. The van der Waals surface area contributed by atoms with E-state index in [0.717, 1.165) is 52.4 Å². The monoisotopic (exact) mass is 498 g/mol. The number of nitrogens with zero attached hydrogens (tertiary/aromatic N) is 3. The van der Waals surface area contributed by atoms with E-state index in [9.17, 15) is 9.59 Å². The topological polar surface area (TPSA) is 68.5 Å². The molecule has 4 aromatic rings. The Labute approximate surface area is 217 Å². The van der Waals surface area contributed by atoms with Crippen molar-refractivity contribution in [1.82, 2.24) is 19.4 Å². The second-order valence-electron chi connectivity index (χ2n) is 9.58. The number of carbonyl (C=O) groups excluding carboxylic acids is 2. The molecule has 0 saturated carbocycles. The highest BCUT2D eigenvalue weighted by atomic mass is 16.5. The highest BCUT2D eigenvalue weighted by molar-refractivity contribution is 6.50. The van der Waals surface area contributed by atoms with Gasteiger partial charge in [0, 0.05) is 65.0 Å². The predicted octanol–water partition coefficient (Wildman–Crippen LogP) is 4.54. The lowest BCUT2D eigenvalue weighted by atomic mass is 9.95. The number of rotatable bonds is 2. The summed E-state index contributed by atoms with van der Waals surface area (Å²) in [6.45, 7) is 6.81. The van der Waals surface area contributed by atoms with Crippen LogP contribution in [0.1, 0.15) is 31.4 Å². The summed E-state index contributed by atoms with van der Waals surface area (Å²) in [6.07, 6.45) is 4.93. The Morgan fingerprint density at radius 1 is 0.838 bits per heavy atom. The Bertz CT molecular complexity index is 1510. The van der Waals surface area contributed by atoms with Crippen LogP contribution in [0.25, 0.3) is 33.0 Å². The van der Waals surface area contributed by atoms with E-state index in [1.54, 1.807) is 0 Å². The van der Waals surface area contributed by atoms with E-state index in [-0.39, 0.29) is 17.9 Å². The summed E-state index contributed by atoms with van der Waals surface area (Å²) < 4.78 is 10.7. The number of amides is 2. The molecule has 4 bridgehead atoms. The zero-order valence-electron chi connectivity index (χ0n) is 22.0. The molecule has 37 heavy (non-hydrogen) atoms. The maximum absolute atomic E-state index is 13.2. The summed E-state index contributed by atoms with van der Waals surface area (Å²) in [4.78, 5) is 28.5. The largest absolute Gasteiger partial charge is 0.375 e. The summed E-state index contributed by atoms with van der Waals surface area (Å²) in [7, 11) is 4.13. The molecule has 0 fully saturated rings. The molecule has 1 atom stereocenters. The van der Waals surface area contributed by atoms with Crippen LogP contribution >= 0.6 is 0 Å². The van der Waals surface area contributed by atoms with Crippen LogP contribution in [0.4, 0.5) is 0 Å². The molecule has 7 heteroatoms. The second-order valence-corrected chi connectivity index (χ2v) is 9.58. The molecule has 0 spiro atoms. The molecule has 0 saturated heterocycles. The maximum Gasteiger partial charge on any atom is 0.259 e. The van der Waals surface area contributed by atoms with Gasteiger partial charge in [-0.15, -0.1) is 0 Å². The number of aryl methyl sites for hydroxylation is 1. The summed E-state index contributed by atoms with van der Waals surface area (Å²) in [5, 5.41) is 4.48. The van der Waals surface area contributed by atoms with Crippen LogP contribution in [-0.4, -0.2) is 59.2 Å². The zero-order valence-corrected chi connectivity index (χ0v) is 22.0. The highest BCUT2D eigenvalue weighted by Crippen LogP contribution is 2.39. The van der Waals surface area contributed by atoms with Crippen molar-refractivity contribution >= 4 is 44.8 Å². The molecule has 6 rings (SSSR count). The Kier molecular flexibility index (Phi) is 7.00. The predicted molar refractivity (Wildman–Crippen MR) is 148 cm³/mol. The van der Waals surface area contributed by atoms with E-state index in [0.29, 0.717) is 24.3 Å². The third-order valence-corrected chi connectivity index (χ3v) is 6.99. The minimum Gasteiger partial charge on any atom is -0.375 e. The number of hydrogen-bond donors (Lipinski definition) is 1. The van der Waals surface area contributed by atoms with Crippen molar-refractivity contribution in [2.45, 2.75) is 39.5 Å². The maximum atomic E-state index is 13.2. The minimum absolute atomic E-state index is 0.0741. The fourth-order valence-electron chi connectivity index (χ4n) is 5.47. The molecular formula is C30H34N4O3. The molecule has 2 aromatic heterocycles. The lowest BCUT2D eigenvalue weighted by molar-refractivity contribution is -0.122. The van der Waals surface area contributed by atoms with Crippen LogP contribution in [-0.2, 0) is 27.4 Å². The Morgan fingerprint density at radius 3 is 1.89 bits per heavy atom. The van der Waals surface area contributed by atoms with Gasteiger partial charge in [-0.1, -0.05) is 50.2 Å². The van der Waals surface area contributed by atoms with Crippen molar-refractivity contribution in [1.29, 1.82) is 0 Å². The van der Waals surface area contributed by atoms with Gasteiger partial charge in [-0.05, 0) is 32.6 Å². The Morgan fingerprint density at radius 2 is 1.35 bits per heavy atom. The molecule has 7 nitrogen and oxygen atoms in total. The van der Waals surface area contributed by atoms with Gasteiger partial charge in [0.25, 0.3) is 11.8 Å². The number of para-hydroxylation sites is 2. The van der Waals surface area contributed by atoms with E-state index >= 15 is 0 Å². The number of imide groups is 1. The number of fused-ring (bicyclic) bond motifs is 12. The zero-order chi connectivity index (χ0) is 26.1. The average Bonchev–Trinajstić information content (AvgIpc) is 3.53. The van der Waals surface area contributed by atoms with Gasteiger partial charge < -0.3 is 18.8 Å². The third-order valence-electron chi connectivity index (χ3n) is 6.99. The van der Waals surface area contributed by atoms with Gasteiger partial charge in [0.2, 0.25) is 0 Å². The van der Waals surface area contributed by atoms with Crippen LogP contribution in [0.2, 0.25) is 0 Å². The first kappa shape index (κ1) is 25.0. The van der Waals surface area contributed by atoms with E-state index in [2.05, 4.69) is 45.6 Å². The van der Waals surface area contributed by atoms with Gasteiger partial charge in [0.1, 0.15) is 0 Å². The van der Waals surface area contributed by atoms with Crippen molar-refractivity contribution < 1.29 is 14.3 Å². The first-order valence-corrected chi connectivity index (χ1v) is 13.0. The van der Waals surface area contributed by atoms with Crippen LogP contribution in [0, 0.1) is 0 Å². The van der Waals surface area contributed by atoms with Crippen molar-refractivity contribution in [3.8, 4) is 0 Å². The number of aromatic nitrogens is 2. The van der Waals surface area contributed by atoms with E-state index < -0.39 is 0 Å². The molecule has 0 aliphatic carbocycles. The van der Waals surface area contributed by atoms with Crippen molar-refractivity contribution in [2.75, 3.05) is 27.2 Å². The number of likely N-dealkylation sites (N-methyl/N-ethyl adjacent to an activating group) is 1. The van der Waals surface area contributed by atoms with Gasteiger partial charge in [-0.3, -0.25) is 14.9 Å².